The standard InChI is InChI=1S/C25H29ClN2O5/c1-5-27(6-2)14-15-28-21(18-8-7-9-19(32-3)24(18)33-4)20(23(30)25(28)31)22(29)16-10-12-17(26)13-11-16/h7-13,21,29H,5-6,14-15H2,1-4H3/b22-20+/t21-/m0/s1. The van der Waals surface area contributed by atoms with E-state index < -0.39 is 17.7 Å². The van der Waals surface area contributed by atoms with Crippen LogP contribution < -0.4 is 9.47 Å². The number of hydrogen-bond donors (Lipinski definition) is 1. The number of halogens is 1. The summed E-state index contributed by atoms with van der Waals surface area (Å²) in [5.41, 5.74) is 0.965. The molecular weight excluding hydrogens is 444 g/mol. The monoisotopic (exact) mass is 472 g/mol. The summed E-state index contributed by atoms with van der Waals surface area (Å²) in [5, 5.41) is 11.7. The van der Waals surface area contributed by atoms with Gasteiger partial charge in [0, 0.05) is 29.2 Å². The van der Waals surface area contributed by atoms with E-state index in [1.54, 1.807) is 42.5 Å². The van der Waals surface area contributed by atoms with Gasteiger partial charge in [-0.05, 0) is 43.4 Å². The quantitative estimate of drug-likeness (QED) is 0.336. The highest BCUT2D eigenvalue weighted by Gasteiger charge is 2.47. The molecular formula is C25H29ClN2O5. The van der Waals surface area contributed by atoms with E-state index in [1.807, 2.05) is 13.8 Å². The van der Waals surface area contributed by atoms with Gasteiger partial charge in [-0.15, -0.1) is 0 Å². The molecule has 2 aromatic carbocycles. The molecule has 0 aromatic heterocycles. The lowest BCUT2D eigenvalue weighted by molar-refractivity contribution is -0.140. The summed E-state index contributed by atoms with van der Waals surface area (Å²) in [7, 11) is 3.02. The van der Waals surface area contributed by atoms with Gasteiger partial charge in [0.1, 0.15) is 5.76 Å². The first-order chi connectivity index (χ1) is 15.9. The summed E-state index contributed by atoms with van der Waals surface area (Å²) in [6, 6.07) is 10.9. The van der Waals surface area contributed by atoms with Crippen molar-refractivity contribution in [3.63, 3.8) is 0 Å². The normalized spacial score (nSPS) is 17.6. The Balaban J connectivity index is 2.19. The first-order valence-electron chi connectivity index (χ1n) is 10.8. The molecule has 1 aliphatic rings. The molecule has 1 fully saturated rings. The van der Waals surface area contributed by atoms with E-state index in [0.29, 0.717) is 40.7 Å². The minimum absolute atomic E-state index is 0.00780. The van der Waals surface area contributed by atoms with Gasteiger partial charge >= 0.3 is 0 Å². The van der Waals surface area contributed by atoms with E-state index in [1.165, 1.54) is 19.1 Å². The van der Waals surface area contributed by atoms with Crippen LogP contribution in [0.15, 0.2) is 48.0 Å². The third-order valence-electron chi connectivity index (χ3n) is 5.94. The first-order valence-corrected chi connectivity index (χ1v) is 11.2. The lowest BCUT2D eigenvalue weighted by Gasteiger charge is -2.29. The molecule has 1 N–H and O–H groups in total. The average molecular weight is 473 g/mol. The zero-order valence-electron chi connectivity index (χ0n) is 19.3. The molecule has 1 atom stereocenters. The third-order valence-corrected chi connectivity index (χ3v) is 6.19. The SMILES string of the molecule is CCN(CC)CCN1C(=O)C(=O)/C(=C(/O)c2ccc(Cl)cc2)[C@@H]1c1cccc(OC)c1OC. The number of benzene rings is 2. The molecule has 176 valence electrons. The first kappa shape index (κ1) is 24.6. The molecule has 1 heterocycles. The molecule has 3 rings (SSSR count). The van der Waals surface area contributed by atoms with Gasteiger partial charge in [0.05, 0.1) is 25.8 Å². The zero-order chi connectivity index (χ0) is 24.1. The average Bonchev–Trinajstić information content (AvgIpc) is 3.08. The van der Waals surface area contributed by atoms with Gasteiger partial charge in [-0.1, -0.05) is 37.6 Å². The molecule has 0 bridgehead atoms. The summed E-state index contributed by atoms with van der Waals surface area (Å²) < 4.78 is 11.0. The van der Waals surface area contributed by atoms with Crippen LogP contribution in [-0.2, 0) is 9.59 Å². The van der Waals surface area contributed by atoms with Gasteiger partial charge in [0.2, 0.25) is 0 Å². The van der Waals surface area contributed by atoms with Gasteiger partial charge in [0.15, 0.2) is 11.5 Å². The predicted molar refractivity (Wildman–Crippen MR) is 128 cm³/mol. The van der Waals surface area contributed by atoms with E-state index in [-0.39, 0.29) is 11.3 Å². The number of methoxy groups -OCH3 is 2. The molecule has 2 aromatic rings. The summed E-state index contributed by atoms with van der Waals surface area (Å²) in [4.78, 5) is 30.0. The number of rotatable bonds is 9. The topological polar surface area (TPSA) is 79.3 Å². The Hall–Kier alpha value is -3.03. The van der Waals surface area contributed by atoms with Crippen LogP contribution in [0.25, 0.3) is 5.76 Å². The lowest BCUT2D eigenvalue weighted by atomic mass is 9.94. The van der Waals surface area contributed by atoms with Crippen LogP contribution in [0.1, 0.15) is 31.0 Å². The Kier molecular flexibility index (Phi) is 8.00. The van der Waals surface area contributed by atoms with Crippen LogP contribution in [0, 0.1) is 0 Å². The number of ether oxygens (including phenoxy) is 2. The number of likely N-dealkylation sites (tertiary alicyclic amines) is 1. The molecule has 0 saturated carbocycles. The summed E-state index contributed by atoms with van der Waals surface area (Å²) in [5.74, 6) is -0.785. The van der Waals surface area contributed by atoms with Gasteiger partial charge < -0.3 is 24.4 Å². The highest BCUT2D eigenvalue weighted by atomic mass is 35.5. The molecule has 0 unspecified atom stereocenters. The molecule has 7 nitrogen and oxygen atoms in total. The van der Waals surface area contributed by atoms with Crippen molar-refractivity contribution in [3.05, 3.63) is 64.2 Å². The van der Waals surface area contributed by atoms with Crippen LogP contribution >= 0.6 is 11.6 Å². The maximum absolute atomic E-state index is 13.2. The number of hydrogen-bond acceptors (Lipinski definition) is 6. The van der Waals surface area contributed by atoms with Crippen molar-refractivity contribution in [2.24, 2.45) is 0 Å². The molecule has 8 heteroatoms. The number of aliphatic hydroxyl groups excluding tert-OH is 1. The van der Waals surface area contributed by atoms with E-state index in [0.717, 1.165) is 13.1 Å². The highest BCUT2D eigenvalue weighted by Crippen LogP contribution is 2.45. The van der Waals surface area contributed by atoms with E-state index in [4.69, 9.17) is 21.1 Å². The van der Waals surface area contributed by atoms with Crippen molar-refractivity contribution < 1.29 is 24.2 Å². The Bertz CT molecular complexity index is 1050. The number of likely N-dealkylation sites (N-methyl/N-ethyl adjacent to an activating group) is 1. The fourth-order valence-electron chi connectivity index (χ4n) is 4.11. The van der Waals surface area contributed by atoms with Gasteiger partial charge in [-0.3, -0.25) is 9.59 Å². The second-order valence-electron chi connectivity index (χ2n) is 7.61. The predicted octanol–water partition coefficient (Wildman–Crippen LogP) is 4.12. The number of ketones is 1. The van der Waals surface area contributed by atoms with Crippen LogP contribution in [-0.4, -0.2) is 67.0 Å². The van der Waals surface area contributed by atoms with E-state index in [9.17, 15) is 14.7 Å². The smallest absolute Gasteiger partial charge is 0.295 e. The Morgan fingerprint density at radius 2 is 1.73 bits per heavy atom. The maximum Gasteiger partial charge on any atom is 0.295 e. The maximum atomic E-state index is 13.2. The molecule has 0 spiro atoms. The number of aliphatic hydroxyl groups is 1. The number of carbonyl (C=O) groups excluding carboxylic acids is 2. The fourth-order valence-corrected chi connectivity index (χ4v) is 4.24. The van der Waals surface area contributed by atoms with Crippen LogP contribution in [0.5, 0.6) is 11.5 Å². The fraction of sp³-hybridized carbons (Fsp3) is 0.360. The van der Waals surface area contributed by atoms with E-state index in [2.05, 4.69) is 4.90 Å². The Morgan fingerprint density at radius 1 is 1.06 bits per heavy atom. The zero-order valence-corrected chi connectivity index (χ0v) is 20.1. The molecule has 0 radical (unpaired) electrons. The van der Waals surface area contributed by atoms with Crippen molar-refractivity contribution in [3.8, 4) is 11.5 Å². The number of carbonyl (C=O) groups is 2. The Morgan fingerprint density at radius 3 is 2.30 bits per heavy atom. The van der Waals surface area contributed by atoms with Crippen molar-refractivity contribution in [1.29, 1.82) is 0 Å². The molecule has 33 heavy (non-hydrogen) atoms. The van der Waals surface area contributed by atoms with Crippen molar-refractivity contribution in [1.82, 2.24) is 9.80 Å². The molecule has 1 saturated heterocycles. The third kappa shape index (κ3) is 4.84. The van der Waals surface area contributed by atoms with Crippen molar-refractivity contribution >= 4 is 29.1 Å². The Labute approximate surface area is 199 Å². The van der Waals surface area contributed by atoms with Crippen molar-refractivity contribution in [2.75, 3.05) is 40.4 Å². The summed E-state index contributed by atoms with van der Waals surface area (Å²) >= 11 is 5.98. The van der Waals surface area contributed by atoms with Crippen LogP contribution in [0.3, 0.4) is 0 Å². The minimum Gasteiger partial charge on any atom is -0.507 e. The number of para-hydroxylation sites is 1. The second-order valence-corrected chi connectivity index (χ2v) is 8.05. The van der Waals surface area contributed by atoms with Crippen LogP contribution in [0.2, 0.25) is 5.02 Å². The van der Waals surface area contributed by atoms with Crippen LogP contribution in [0.4, 0.5) is 0 Å². The molecule has 1 amide bonds. The van der Waals surface area contributed by atoms with Gasteiger partial charge in [0.25, 0.3) is 11.7 Å². The van der Waals surface area contributed by atoms with Gasteiger partial charge in [-0.2, -0.15) is 0 Å². The van der Waals surface area contributed by atoms with Gasteiger partial charge in [-0.25, -0.2) is 0 Å². The second kappa shape index (κ2) is 10.7. The van der Waals surface area contributed by atoms with E-state index >= 15 is 0 Å². The molecule has 0 aliphatic carbocycles. The lowest BCUT2D eigenvalue weighted by Crippen LogP contribution is -2.38. The molecule has 1 aliphatic heterocycles. The number of nitrogens with zero attached hydrogens (tertiary/aromatic N) is 2. The summed E-state index contributed by atoms with van der Waals surface area (Å²) in [6.07, 6.45) is 0. The minimum atomic E-state index is -0.832. The summed E-state index contributed by atoms with van der Waals surface area (Å²) in [6.45, 7) is 6.62. The van der Waals surface area contributed by atoms with Crippen molar-refractivity contribution in [2.45, 2.75) is 19.9 Å². The highest BCUT2D eigenvalue weighted by molar-refractivity contribution is 6.46. The largest absolute Gasteiger partial charge is 0.507 e. The number of amides is 1. The number of Topliss-reactive ketones (excluding diaryl/α,β-unsaturated/α-hetero) is 1.